The van der Waals surface area contributed by atoms with Crippen molar-refractivity contribution in [1.82, 2.24) is 4.90 Å². The van der Waals surface area contributed by atoms with E-state index in [9.17, 15) is 9.59 Å². The van der Waals surface area contributed by atoms with Crippen molar-refractivity contribution < 1.29 is 14.7 Å². The number of rotatable bonds is 5. The quantitative estimate of drug-likeness (QED) is 0.708. The van der Waals surface area contributed by atoms with E-state index < -0.39 is 12.0 Å². The minimum absolute atomic E-state index is 0.0460. The summed E-state index contributed by atoms with van der Waals surface area (Å²) in [7, 11) is 0. The van der Waals surface area contributed by atoms with E-state index in [1.165, 1.54) is 0 Å². The summed E-state index contributed by atoms with van der Waals surface area (Å²) in [4.78, 5) is 23.8. The number of carbonyl (C=O) groups is 2. The molecule has 16 heavy (non-hydrogen) atoms. The zero-order chi connectivity index (χ0) is 12.3. The number of carboxylic acid groups (broad SMARTS) is 1. The van der Waals surface area contributed by atoms with Gasteiger partial charge in [-0.2, -0.15) is 0 Å². The molecule has 3 N–H and O–H groups in total. The lowest BCUT2D eigenvalue weighted by atomic mass is 9.94. The zero-order valence-corrected chi connectivity index (χ0v) is 9.85. The van der Waals surface area contributed by atoms with Gasteiger partial charge in [-0.15, -0.1) is 0 Å². The lowest BCUT2D eigenvalue weighted by Crippen LogP contribution is -2.55. The Labute approximate surface area is 95.6 Å². The van der Waals surface area contributed by atoms with Crippen LogP contribution in [0.5, 0.6) is 0 Å². The summed E-state index contributed by atoms with van der Waals surface area (Å²) in [5.74, 6) is -0.346. The first-order chi connectivity index (χ1) is 7.40. The molecule has 0 radical (unpaired) electrons. The first kappa shape index (κ1) is 13.0. The van der Waals surface area contributed by atoms with Crippen LogP contribution in [0.25, 0.3) is 0 Å². The molecule has 0 aromatic rings. The number of carbonyl (C=O) groups excluding carboxylic acids is 1. The normalized spacial score (nSPS) is 18.4. The SMILES string of the molecule is CC(C)C[C@H](N)C(=O)N1CC(CC(=O)O)C1. The molecule has 5 nitrogen and oxygen atoms in total. The third-order valence-electron chi connectivity index (χ3n) is 2.77. The maximum Gasteiger partial charge on any atom is 0.303 e. The van der Waals surface area contributed by atoms with Crippen LogP contribution in [-0.2, 0) is 9.59 Å². The fourth-order valence-electron chi connectivity index (χ4n) is 1.97. The van der Waals surface area contributed by atoms with Gasteiger partial charge in [-0.1, -0.05) is 13.8 Å². The first-order valence-electron chi connectivity index (χ1n) is 5.66. The molecule has 1 fully saturated rings. The van der Waals surface area contributed by atoms with Gasteiger partial charge in [-0.25, -0.2) is 0 Å². The first-order valence-corrected chi connectivity index (χ1v) is 5.66. The van der Waals surface area contributed by atoms with Gasteiger partial charge in [-0.05, 0) is 12.3 Å². The summed E-state index contributed by atoms with van der Waals surface area (Å²) >= 11 is 0. The number of hydrogen-bond donors (Lipinski definition) is 2. The largest absolute Gasteiger partial charge is 0.481 e. The van der Waals surface area contributed by atoms with Crippen molar-refractivity contribution in [3.63, 3.8) is 0 Å². The molecular formula is C11H20N2O3. The van der Waals surface area contributed by atoms with Crippen LogP contribution in [0.1, 0.15) is 26.7 Å². The second kappa shape index (κ2) is 5.30. The molecule has 0 bridgehead atoms. The van der Waals surface area contributed by atoms with Gasteiger partial charge in [-0.3, -0.25) is 9.59 Å². The van der Waals surface area contributed by atoms with Crippen molar-refractivity contribution in [2.45, 2.75) is 32.7 Å². The van der Waals surface area contributed by atoms with Gasteiger partial charge in [0.25, 0.3) is 0 Å². The Hall–Kier alpha value is -1.10. The van der Waals surface area contributed by atoms with E-state index in [0.717, 1.165) is 0 Å². The minimum atomic E-state index is -0.802. The van der Waals surface area contributed by atoms with E-state index in [1.807, 2.05) is 13.8 Å². The Kier molecular flexibility index (Phi) is 4.29. The Bertz CT molecular complexity index is 272. The molecule has 1 rings (SSSR count). The summed E-state index contributed by atoms with van der Waals surface area (Å²) in [5, 5.41) is 8.57. The van der Waals surface area contributed by atoms with Crippen molar-refractivity contribution in [3.05, 3.63) is 0 Å². The van der Waals surface area contributed by atoms with Gasteiger partial charge in [0.15, 0.2) is 0 Å². The summed E-state index contributed by atoms with van der Waals surface area (Å²) in [6, 6.07) is -0.439. The molecule has 0 unspecified atom stereocenters. The number of aliphatic carboxylic acids is 1. The molecule has 5 heteroatoms. The molecule has 1 aliphatic rings. The molecule has 1 aliphatic heterocycles. The predicted molar refractivity (Wildman–Crippen MR) is 59.8 cm³/mol. The Morgan fingerprint density at radius 3 is 2.44 bits per heavy atom. The lowest BCUT2D eigenvalue weighted by molar-refractivity contribution is -0.145. The molecule has 1 heterocycles. The third kappa shape index (κ3) is 3.48. The summed E-state index contributed by atoms with van der Waals surface area (Å²) in [5.41, 5.74) is 5.77. The summed E-state index contributed by atoms with van der Waals surface area (Å²) in [6.45, 7) is 5.13. The van der Waals surface area contributed by atoms with Crippen LogP contribution < -0.4 is 5.73 Å². The highest BCUT2D eigenvalue weighted by atomic mass is 16.4. The lowest BCUT2D eigenvalue weighted by Gasteiger charge is -2.40. The molecule has 1 saturated heterocycles. The number of carboxylic acids is 1. The monoisotopic (exact) mass is 228 g/mol. The fraction of sp³-hybridized carbons (Fsp3) is 0.818. The zero-order valence-electron chi connectivity index (χ0n) is 9.85. The van der Waals surface area contributed by atoms with E-state index in [4.69, 9.17) is 10.8 Å². The Morgan fingerprint density at radius 1 is 1.44 bits per heavy atom. The maximum atomic E-state index is 11.7. The van der Waals surface area contributed by atoms with Crippen molar-refractivity contribution >= 4 is 11.9 Å². The molecular weight excluding hydrogens is 208 g/mol. The van der Waals surface area contributed by atoms with Crippen molar-refractivity contribution in [2.24, 2.45) is 17.6 Å². The average Bonchev–Trinajstić information content (AvgIpc) is 2.07. The second-order valence-corrected chi connectivity index (χ2v) is 4.94. The van der Waals surface area contributed by atoms with Crippen LogP contribution in [0, 0.1) is 11.8 Å². The Balaban J connectivity index is 2.28. The molecule has 0 spiro atoms. The van der Waals surface area contributed by atoms with E-state index in [0.29, 0.717) is 25.4 Å². The number of hydrogen-bond acceptors (Lipinski definition) is 3. The van der Waals surface area contributed by atoms with E-state index >= 15 is 0 Å². The summed E-state index contributed by atoms with van der Waals surface area (Å²) < 4.78 is 0. The Morgan fingerprint density at radius 2 is 2.00 bits per heavy atom. The number of amides is 1. The summed E-state index contributed by atoms with van der Waals surface area (Å²) in [6.07, 6.45) is 0.822. The van der Waals surface area contributed by atoms with Gasteiger partial charge in [0.1, 0.15) is 0 Å². The van der Waals surface area contributed by atoms with Crippen molar-refractivity contribution in [2.75, 3.05) is 13.1 Å². The molecule has 92 valence electrons. The average molecular weight is 228 g/mol. The third-order valence-corrected chi connectivity index (χ3v) is 2.77. The van der Waals surface area contributed by atoms with Gasteiger partial charge < -0.3 is 15.7 Å². The highest BCUT2D eigenvalue weighted by Gasteiger charge is 2.34. The topological polar surface area (TPSA) is 83.6 Å². The molecule has 0 saturated carbocycles. The van der Waals surface area contributed by atoms with Gasteiger partial charge >= 0.3 is 5.97 Å². The molecule has 1 amide bonds. The van der Waals surface area contributed by atoms with Gasteiger partial charge in [0, 0.05) is 19.0 Å². The highest BCUT2D eigenvalue weighted by molar-refractivity contribution is 5.82. The highest BCUT2D eigenvalue weighted by Crippen LogP contribution is 2.20. The van der Waals surface area contributed by atoms with Crippen LogP contribution in [-0.4, -0.2) is 41.0 Å². The van der Waals surface area contributed by atoms with E-state index in [1.54, 1.807) is 4.90 Å². The van der Waals surface area contributed by atoms with Crippen LogP contribution in [0.15, 0.2) is 0 Å². The standard InChI is InChI=1S/C11H20N2O3/c1-7(2)3-9(12)11(16)13-5-8(6-13)4-10(14)15/h7-9H,3-6,12H2,1-2H3,(H,14,15)/t9-/m0/s1. The van der Waals surface area contributed by atoms with E-state index in [2.05, 4.69) is 0 Å². The smallest absolute Gasteiger partial charge is 0.303 e. The van der Waals surface area contributed by atoms with Crippen molar-refractivity contribution in [3.8, 4) is 0 Å². The molecule has 0 aromatic carbocycles. The van der Waals surface area contributed by atoms with Crippen LogP contribution in [0.3, 0.4) is 0 Å². The van der Waals surface area contributed by atoms with Crippen LogP contribution in [0.2, 0.25) is 0 Å². The number of nitrogens with zero attached hydrogens (tertiary/aromatic N) is 1. The predicted octanol–water partition coefficient (Wildman–Crippen LogP) is 0.293. The molecule has 0 aromatic heterocycles. The second-order valence-electron chi connectivity index (χ2n) is 4.94. The van der Waals surface area contributed by atoms with Crippen molar-refractivity contribution in [1.29, 1.82) is 0 Å². The van der Waals surface area contributed by atoms with Gasteiger partial charge in [0.2, 0.25) is 5.91 Å². The van der Waals surface area contributed by atoms with Gasteiger partial charge in [0.05, 0.1) is 12.5 Å². The fourth-order valence-corrected chi connectivity index (χ4v) is 1.97. The number of nitrogens with two attached hydrogens (primary N) is 1. The molecule has 0 aliphatic carbocycles. The maximum absolute atomic E-state index is 11.7. The minimum Gasteiger partial charge on any atom is -0.481 e. The van der Waals surface area contributed by atoms with E-state index in [-0.39, 0.29) is 18.2 Å². The van der Waals surface area contributed by atoms with Crippen LogP contribution >= 0.6 is 0 Å². The molecule has 1 atom stereocenters. The number of likely N-dealkylation sites (tertiary alicyclic amines) is 1. The van der Waals surface area contributed by atoms with Crippen LogP contribution in [0.4, 0.5) is 0 Å².